The van der Waals surface area contributed by atoms with Crippen molar-refractivity contribution in [1.29, 1.82) is 0 Å². The number of rotatable bonds is 5. The number of sulfonamides is 1. The van der Waals surface area contributed by atoms with Crippen LogP contribution in [-0.2, 0) is 10.0 Å². The van der Waals surface area contributed by atoms with E-state index in [0.29, 0.717) is 25.9 Å². The van der Waals surface area contributed by atoms with Gasteiger partial charge in [-0.15, -0.1) is 0 Å². The average molecular weight is 353 g/mol. The van der Waals surface area contributed by atoms with Crippen LogP contribution in [0.2, 0.25) is 0 Å². The Kier molecular flexibility index (Phi) is 6.23. The van der Waals surface area contributed by atoms with Crippen LogP contribution in [0.4, 0.5) is 4.79 Å². The smallest absolute Gasteiger partial charge is 0.315 e. The number of aryl methyl sites for hydroxylation is 1. The Balaban J connectivity index is 1.83. The van der Waals surface area contributed by atoms with Crippen molar-refractivity contribution in [2.75, 3.05) is 18.8 Å². The first-order chi connectivity index (χ1) is 11.3. The predicted molar refractivity (Wildman–Crippen MR) is 95.3 cm³/mol. The second kappa shape index (κ2) is 7.98. The van der Waals surface area contributed by atoms with Crippen LogP contribution in [0.5, 0.6) is 0 Å². The third-order valence-corrected chi connectivity index (χ3v) is 6.43. The molecule has 1 aliphatic rings. The fraction of sp³-hybridized carbons (Fsp3) is 0.588. The molecule has 6 nitrogen and oxygen atoms in total. The highest BCUT2D eigenvalue weighted by Gasteiger charge is 2.27. The number of carbonyl (C=O) groups excluding carboxylic acids is 1. The van der Waals surface area contributed by atoms with E-state index in [1.165, 1.54) is 4.31 Å². The van der Waals surface area contributed by atoms with Gasteiger partial charge in [0.15, 0.2) is 0 Å². The van der Waals surface area contributed by atoms with Gasteiger partial charge in [-0.2, -0.15) is 0 Å². The highest BCUT2D eigenvalue weighted by molar-refractivity contribution is 7.89. The number of benzene rings is 1. The molecule has 1 fully saturated rings. The zero-order chi connectivity index (χ0) is 17.7. The number of hydrogen-bond acceptors (Lipinski definition) is 3. The molecular weight excluding hydrogens is 326 g/mol. The first kappa shape index (κ1) is 18.7. The summed E-state index contributed by atoms with van der Waals surface area (Å²) in [5.41, 5.74) is 2.24. The third kappa shape index (κ3) is 4.70. The van der Waals surface area contributed by atoms with Crippen LogP contribution in [-0.4, -0.2) is 43.6 Å². The first-order valence-corrected chi connectivity index (χ1v) is 10.0. The minimum absolute atomic E-state index is 0.0115. The van der Waals surface area contributed by atoms with Crippen LogP contribution in [0.25, 0.3) is 0 Å². The molecule has 0 saturated carbocycles. The van der Waals surface area contributed by atoms with E-state index in [1.807, 2.05) is 38.1 Å². The normalized spacial score (nSPS) is 18.1. The van der Waals surface area contributed by atoms with Gasteiger partial charge in [-0.1, -0.05) is 24.3 Å². The minimum Gasteiger partial charge on any atom is -0.335 e. The molecule has 0 aliphatic carbocycles. The van der Waals surface area contributed by atoms with E-state index in [2.05, 4.69) is 10.6 Å². The number of piperidine rings is 1. The average Bonchev–Trinajstić information content (AvgIpc) is 2.55. The Hall–Kier alpha value is -1.60. The number of hydrogen-bond donors (Lipinski definition) is 2. The van der Waals surface area contributed by atoms with Crippen molar-refractivity contribution < 1.29 is 13.2 Å². The molecule has 0 unspecified atom stereocenters. The van der Waals surface area contributed by atoms with E-state index >= 15 is 0 Å². The Labute approximate surface area is 144 Å². The van der Waals surface area contributed by atoms with Crippen molar-refractivity contribution in [2.24, 2.45) is 0 Å². The van der Waals surface area contributed by atoms with Gasteiger partial charge in [-0.3, -0.25) is 0 Å². The van der Waals surface area contributed by atoms with Gasteiger partial charge in [-0.05, 0) is 44.7 Å². The summed E-state index contributed by atoms with van der Waals surface area (Å²) in [6.45, 7) is 6.57. The van der Waals surface area contributed by atoms with E-state index in [-0.39, 0.29) is 23.9 Å². The standard InChI is InChI=1S/C17H27N3O3S/c1-4-24(22,23)20-11-9-15(10-12-20)19-17(21)18-14(3)16-8-6-5-7-13(16)2/h5-8,14-15H,4,9-12H2,1-3H3,(H2,18,19,21)/t14-/m1/s1. The molecule has 0 spiro atoms. The summed E-state index contributed by atoms with van der Waals surface area (Å²) >= 11 is 0. The number of carbonyl (C=O) groups is 1. The van der Waals surface area contributed by atoms with Gasteiger partial charge >= 0.3 is 6.03 Å². The quantitative estimate of drug-likeness (QED) is 0.851. The van der Waals surface area contributed by atoms with E-state index < -0.39 is 10.0 Å². The monoisotopic (exact) mass is 353 g/mol. The summed E-state index contributed by atoms with van der Waals surface area (Å²) < 4.78 is 25.2. The summed E-state index contributed by atoms with van der Waals surface area (Å²) in [7, 11) is -3.13. The zero-order valence-corrected chi connectivity index (χ0v) is 15.4. The Morgan fingerprint density at radius 2 is 1.92 bits per heavy atom. The molecule has 1 aromatic rings. The lowest BCUT2D eigenvalue weighted by Crippen LogP contribution is -2.49. The fourth-order valence-corrected chi connectivity index (χ4v) is 4.17. The van der Waals surface area contributed by atoms with Crippen LogP contribution in [0.1, 0.15) is 43.9 Å². The van der Waals surface area contributed by atoms with Crippen molar-refractivity contribution in [3.63, 3.8) is 0 Å². The highest BCUT2D eigenvalue weighted by Crippen LogP contribution is 2.17. The number of urea groups is 1. The van der Waals surface area contributed by atoms with Gasteiger partial charge in [0.2, 0.25) is 10.0 Å². The molecule has 2 rings (SSSR count). The summed E-state index contributed by atoms with van der Waals surface area (Å²) in [5.74, 6) is 0.125. The maximum Gasteiger partial charge on any atom is 0.315 e. The van der Waals surface area contributed by atoms with Gasteiger partial charge < -0.3 is 10.6 Å². The van der Waals surface area contributed by atoms with Crippen LogP contribution in [0, 0.1) is 6.92 Å². The SMILES string of the molecule is CCS(=O)(=O)N1CCC(NC(=O)N[C@H](C)c2ccccc2C)CC1. The van der Waals surface area contributed by atoms with E-state index in [1.54, 1.807) is 6.92 Å². The first-order valence-electron chi connectivity index (χ1n) is 8.44. The molecule has 1 atom stereocenters. The molecular formula is C17H27N3O3S. The topological polar surface area (TPSA) is 78.5 Å². The van der Waals surface area contributed by atoms with E-state index in [9.17, 15) is 13.2 Å². The van der Waals surface area contributed by atoms with Gasteiger partial charge in [0, 0.05) is 19.1 Å². The van der Waals surface area contributed by atoms with E-state index in [0.717, 1.165) is 11.1 Å². The predicted octanol–water partition coefficient (Wildman–Crippen LogP) is 2.17. The molecule has 0 radical (unpaired) electrons. The molecule has 2 N–H and O–H groups in total. The van der Waals surface area contributed by atoms with Crippen LogP contribution in [0.3, 0.4) is 0 Å². The highest BCUT2D eigenvalue weighted by atomic mass is 32.2. The lowest BCUT2D eigenvalue weighted by atomic mass is 10.0. The van der Waals surface area contributed by atoms with Crippen LogP contribution in [0.15, 0.2) is 24.3 Å². The van der Waals surface area contributed by atoms with Gasteiger partial charge in [0.1, 0.15) is 0 Å². The third-order valence-electron chi connectivity index (χ3n) is 4.55. The Bertz CT molecular complexity index is 667. The molecule has 134 valence electrons. The van der Waals surface area contributed by atoms with Crippen molar-refractivity contribution in [1.82, 2.24) is 14.9 Å². The van der Waals surface area contributed by atoms with Crippen molar-refractivity contribution >= 4 is 16.1 Å². The van der Waals surface area contributed by atoms with Crippen molar-refractivity contribution in [2.45, 2.75) is 45.7 Å². The van der Waals surface area contributed by atoms with Crippen molar-refractivity contribution in [3.05, 3.63) is 35.4 Å². The number of nitrogens with one attached hydrogen (secondary N) is 2. The lowest BCUT2D eigenvalue weighted by Gasteiger charge is -2.31. The summed E-state index contributed by atoms with van der Waals surface area (Å²) in [6, 6.07) is 7.70. The summed E-state index contributed by atoms with van der Waals surface area (Å²) in [5, 5.41) is 5.91. The molecule has 2 amide bonds. The second-order valence-electron chi connectivity index (χ2n) is 6.27. The van der Waals surface area contributed by atoms with Crippen molar-refractivity contribution in [3.8, 4) is 0 Å². The maximum atomic E-state index is 12.2. The zero-order valence-electron chi connectivity index (χ0n) is 14.6. The van der Waals surface area contributed by atoms with Gasteiger partial charge in [-0.25, -0.2) is 17.5 Å². The Morgan fingerprint density at radius 3 is 2.50 bits per heavy atom. The Morgan fingerprint density at radius 1 is 1.29 bits per heavy atom. The van der Waals surface area contributed by atoms with Crippen LogP contribution < -0.4 is 10.6 Å². The second-order valence-corrected chi connectivity index (χ2v) is 8.53. The summed E-state index contributed by atoms with van der Waals surface area (Å²) in [4.78, 5) is 12.2. The number of nitrogens with zero attached hydrogens (tertiary/aromatic N) is 1. The van der Waals surface area contributed by atoms with Gasteiger partial charge in [0.05, 0.1) is 11.8 Å². The lowest BCUT2D eigenvalue weighted by molar-refractivity contribution is 0.225. The largest absolute Gasteiger partial charge is 0.335 e. The molecule has 1 aliphatic heterocycles. The maximum absolute atomic E-state index is 12.2. The van der Waals surface area contributed by atoms with Gasteiger partial charge in [0.25, 0.3) is 0 Å². The minimum atomic E-state index is -3.13. The molecule has 1 aromatic carbocycles. The molecule has 24 heavy (non-hydrogen) atoms. The number of amides is 2. The van der Waals surface area contributed by atoms with Crippen LogP contribution >= 0.6 is 0 Å². The molecule has 1 saturated heterocycles. The molecule has 0 aromatic heterocycles. The molecule has 1 heterocycles. The fourth-order valence-electron chi connectivity index (χ4n) is 3.03. The van der Waals surface area contributed by atoms with E-state index in [4.69, 9.17) is 0 Å². The summed E-state index contributed by atoms with van der Waals surface area (Å²) in [6.07, 6.45) is 1.29. The molecule has 0 bridgehead atoms. The molecule has 7 heteroatoms.